The van der Waals surface area contributed by atoms with Crippen LogP contribution in [0.2, 0.25) is 0 Å². The van der Waals surface area contributed by atoms with Crippen molar-refractivity contribution in [3.8, 4) is 0 Å². The highest BCUT2D eigenvalue weighted by Gasteiger charge is 2.15. The molecular weight excluding hydrogens is 395 g/mol. The van der Waals surface area contributed by atoms with Crippen LogP contribution in [0.1, 0.15) is 46.0 Å². The number of hydrogen-bond donors (Lipinski definition) is 3. The van der Waals surface area contributed by atoms with E-state index in [1.807, 2.05) is 13.8 Å². The Morgan fingerprint density at radius 1 is 1.32 bits per heavy atom. The summed E-state index contributed by atoms with van der Waals surface area (Å²) in [6.07, 6.45) is 5.91. The largest absolute Gasteiger partial charge is 0.383 e. The van der Waals surface area contributed by atoms with Gasteiger partial charge in [-0.05, 0) is 26.7 Å². The zero-order chi connectivity index (χ0) is 15.5. The fourth-order valence-corrected chi connectivity index (χ4v) is 2.52. The van der Waals surface area contributed by atoms with E-state index >= 15 is 0 Å². The Morgan fingerprint density at radius 3 is 2.59 bits per heavy atom. The Morgan fingerprint density at radius 2 is 2.00 bits per heavy atom. The van der Waals surface area contributed by atoms with Crippen LogP contribution in [0.15, 0.2) is 4.99 Å². The first-order valence-corrected chi connectivity index (χ1v) is 7.98. The molecular formula is C15H31IN4O2. The molecule has 1 rings (SSSR count). The lowest BCUT2D eigenvalue weighted by Gasteiger charge is -2.22. The molecule has 1 atom stereocenters. The Labute approximate surface area is 151 Å². The first-order valence-electron chi connectivity index (χ1n) is 7.98. The van der Waals surface area contributed by atoms with Crippen molar-refractivity contribution < 1.29 is 9.53 Å². The van der Waals surface area contributed by atoms with Gasteiger partial charge in [-0.3, -0.25) is 4.79 Å². The number of carbonyl (C=O) groups is 1. The van der Waals surface area contributed by atoms with Crippen LogP contribution in [0, 0.1) is 0 Å². The van der Waals surface area contributed by atoms with Crippen LogP contribution in [0.4, 0.5) is 0 Å². The highest BCUT2D eigenvalue weighted by molar-refractivity contribution is 14.0. The second-order valence-corrected chi connectivity index (χ2v) is 5.60. The standard InChI is InChI=1S/C15H30N4O2.HI/c1-4-16-15(18-12(2)11-21-3)17-10-14(20)19-13-8-6-5-7-9-13;/h12-13H,4-11H2,1-3H3,(H,19,20)(H2,16,17,18);1H. The fourth-order valence-electron chi connectivity index (χ4n) is 2.52. The number of rotatable bonds is 7. The third kappa shape index (κ3) is 9.45. The van der Waals surface area contributed by atoms with E-state index in [4.69, 9.17) is 4.74 Å². The summed E-state index contributed by atoms with van der Waals surface area (Å²) in [5.74, 6) is 0.652. The van der Waals surface area contributed by atoms with E-state index in [2.05, 4.69) is 20.9 Å². The molecule has 0 heterocycles. The van der Waals surface area contributed by atoms with E-state index in [1.54, 1.807) is 7.11 Å². The minimum Gasteiger partial charge on any atom is -0.383 e. The number of ether oxygens (including phenoxy) is 1. The molecule has 0 saturated heterocycles. The first-order chi connectivity index (χ1) is 10.2. The van der Waals surface area contributed by atoms with Crippen LogP contribution in [0.5, 0.6) is 0 Å². The van der Waals surface area contributed by atoms with Crippen LogP contribution in [0.25, 0.3) is 0 Å². The van der Waals surface area contributed by atoms with E-state index in [0.29, 0.717) is 18.6 Å². The number of halogens is 1. The maximum atomic E-state index is 11.9. The third-order valence-corrected chi connectivity index (χ3v) is 3.50. The van der Waals surface area contributed by atoms with Gasteiger partial charge in [0.25, 0.3) is 0 Å². The summed E-state index contributed by atoms with van der Waals surface area (Å²) in [6.45, 7) is 5.53. The van der Waals surface area contributed by atoms with Gasteiger partial charge in [0.05, 0.1) is 6.61 Å². The number of amides is 1. The number of methoxy groups -OCH3 is 1. The lowest BCUT2D eigenvalue weighted by atomic mass is 9.95. The van der Waals surface area contributed by atoms with Gasteiger partial charge in [-0.1, -0.05) is 19.3 Å². The normalized spacial score (nSPS) is 17.3. The Bertz CT molecular complexity index is 334. The summed E-state index contributed by atoms with van der Waals surface area (Å²) in [5.41, 5.74) is 0. The van der Waals surface area contributed by atoms with E-state index < -0.39 is 0 Å². The van der Waals surface area contributed by atoms with E-state index in [1.165, 1.54) is 19.3 Å². The molecule has 1 aliphatic carbocycles. The first kappa shape index (κ1) is 21.4. The van der Waals surface area contributed by atoms with Crippen LogP contribution in [-0.4, -0.2) is 50.8 Å². The number of guanidine groups is 1. The summed E-state index contributed by atoms with van der Waals surface area (Å²) in [5, 5.41) is 9.41. The molecule has 0 radical (unpaired) electrons. The third-order valence-electron chi connectivity index (χ3n) is 3.50. The maximum absolute atomic E-state index is 11.9. The summed E-state index contributed by atoms with van der Waals surface area (Å²) in [4.78, 5) is 16.3. The molecule has 1 aliphatic rings. The van der Waals surface area contributed by atoms with Crippen LogP contribution >= 0.6 is 24.0 Å². The molecule has 1 amide bonds. The van der Waals surface area contributed by atoms with E-state index in [-0.39, 0.29) is 42.5 Å². The number of carbonyl (C=O) groups excluding carboxylic acids is 1. The average Bonchev–Trinajstić information content (AvgIpc) is 2.46. The summed E-state index contributed by atoms with van der Waals surface area (Å²) < 4.78 is 5.08. The van der Waals surface area contributed by atoms with Gasteiger partial charge >= 0.3 is 0 Å². The topological polar surface area (TPSA) is 74.8 Å². The predicted molar refractivity (Wildman–Crippen MR) is 101 cm³/mol. The smallest absolute Gasteiger partial charge is 0.242 e. The van der Waals surface area contributed by atoms with E-state index in [9.17, 15) is 4.79 Å². The molecule has 22 heavy (non-hydrogen) atoms. The predicted octanol–water partition coefficient (Wildman–Crippen LogP) is 1.64. The van der Waals surface area contributed by atoms with Gasteiger partial charge < -0.3 is 20.7 Å². The minimum absolute atomic E-state index is 0. The number of nitrogens with one attached hydrogen (secondary N) is 3. The van der Waals surface area contributed by atoms with Gasteiger partial charge in [-0.2, -0.15) is 0 Å². The molecule has 1 fully saturated rings. The van der Waals surface area contributed by atoms with Crippen LogP contribution < -0.4 is 16.0 Å². The Hall–Kier alpha value is -0.570. The average molecular weight is 426 g/mol. The van der Waals surface area contributed by atoms with Gasteiger partial charge in [-0.25, -0.2) is 4.99 Å². The molecule has 1 unspecified atom stereocenters. The molecule has 7 heteroatoms. The molecule has 3 N–H and O–H groups in total. The molecule has 6 nitrogen and oxygen atoms in total. The molecule has 0 spiro atoms. The summed E-state index contributed by atoms with van der Waals surface area (Å²) in [6, 6.07) is 0.485. The van der Waals surface area contributed by atoms with Crippen molar-refractivity contribution in [2.75, 3.05) is 26.8 Å². The van der Waals surface area contributed by atoms with Crippen molar-refractivity contribution in [2.24, 2.45) is 4.99 Å². The van der Waals surface area contributed by atoms with Gasteiger partial charge in [-0.15, -0.1) is 24.0 Å². The summed E-state index contributed by atoms with van der Waals surface area (Å²) >= 11 is 0. The van der Waals surface area contributed by atoms with Crippen molar-refractivity contribution in [3.63, 3.8) is 0 Å². The molecule has 0 aliphatic heterocycles. The second-order valence-electron chi connectivity index (χ2n) is 5.60. The van der Waals surface area contributed by atoms with Gasteiger partial charge in [0.2, 0.25) is 5.91 Å². The second kappa shape index (κ2) is 12.9. The quantitative estimate of drug-likeness (QED) is 0.329. The Balaban J connectivity index is 0.00000441. The highest BCUT2D eigenvalue weighted by atomic mass is 127. The molecule has 0 aromatic heterocycles. The zero-order valence-electron chi connectivity index (χ0n) is 14.0. The number of hydrogen-bond acceptors (Lipinski definition) is 3. The van der Waals surface area contributed by atoms with Crippen LogP contribution in [0.3, 0.4) is 0 Å². The summed E-state index contributed by atoms with van der Waals surface area (Å²) in [7, 11) is 1.67. The lowest BCUT2D eigenvalue weighted by Crippen LogP contribution is -2.45. The van der Waals surface area contributed by atoms with Crippen molar-refractivity contribution in [2.45, 2.75) is 58.0 Å². The van der Waals surface area contributed by atoms with Gasteiger partial charge in [0.15, 0.2) is 5.96 Å². The molecule has 0 bridgehead atoms. The maximum Gasteiger partial charge on any atom is 0.242 e. The van der Waals surface area contributed by atoms with E-state index in [0.717, 1.165) is 19.4 Å². The fraction of sp³-hybridized carbons (Fsp3) is 0.867. The zero-order valence-corrected chi connectivity index (χ0v) is 16.3. The molecule has 1 saturated carbocycles. The number of aliphatic imine (C=N–C) groups is 1. The Kier molecular flexibility index (Phi) is 12.6. The molecule has 0 aromatic carbocycles. The van der Waals surface area contributed by atoms with Crippen molar-refractivity contribution in [3.05, 3.63) is 0 Å². The minimum atomic E-state index is -0.00139. The van der Waals surface area contributed by atoms with Crippen LogP contribution in [-0.2, 0) is 9.53 Å². The van der Waals surface area contributed by atoms with Gasteiger partial charge in [0, 0.05) is 25.7 Å². The monoisotopic (exact) mass is 426 g/mol. The lowest BCUT2D eigenvalue weighted by molar-refractivity contribution is -0.120. The molecule has 130 valence electrons. The molecule has 0 aromatic rings. The van der Waals surface area contributed by atoms with Crippen molar-refractivity contribution in [1.82, 2.24) is 16.0 Å². The highest BCUT2D eigenvalue weighted by Crippen LogP contribution is 2.17. The number of nitrogens with zero attached hydrogens (tertiary/aromatic N) is 1. The SMILES string of the molecule is CCNC(=NCC(=O)NC1CCCCC1)NC(C)COC.I. The van der Waals surface area contributed by atoms with Gasteiger partial charge in [0.1, 0.15) is 6.54 Å². The van der Waals surface area contributed by atoms with Crippen molar-refractivity contribution >= 4 is 35.8 Å². The van der Waals surface area contributed by atoms with Crippen molar-refractivity contribution in [1.29, 1.82) is 0 Å².